The first-order valence-electron chi connectivity index (χ1n) is 6.96. The molecule has 0 bridgehead atoms. The topological polar surface area (TPSA) is 73.9 Å². The Balaban J connectivity index is 1.93. The van der Waals surface area contributed by atoms with Crippen molar-refractivity contribution in [1.29, 1.82) is 0 Å². The van der Waals surface area contributed by atoms with Crippen LogP contribution in [0.5, 0.6) is 0 Å². The van der Waals surface area contributed by atoms with Crippen molar-refractivity contribution in [3.63, 3.8) is 0 Å². The van der Waals surface area contributed by atoms with Crippen LogP contribution in [0.3, 0.4) is 0 Å². The largest absolute Gasteiger partial charge is 0.339 e. The second kappa shape index (κ2) is 6.14. The van der Waals surface area contributed by atoms with Gasteiger partial charge < -0.3 is 10.2 Å². The van der Waals surface area contributed by atoms with E-state index in [-0.39, 0.29) is 17.6 Å². The number of nitrogens with one attached hydrogen (secondary N) is 2. The zero-order valence-electron chi connectivity index (χ0n) is 11.9. The molecule has 1 aromatic rings. The molecule has 1 fully saturated rings. The minimum atomic E-state index is -0.0957. The van der Waals surface area contributed by atoms with E-state index in [1.807, 2.05) is 20.9 Å². The Kier molecular flexibility index (Phi) is 4.52. The van der Waals surface area contributed by atoms with Gasteiger partial charge in [-0.2, -0.15) is 0 Å². The third-order valence-corrected chi connectivity index (χ3v) is 3.58. The monoisotopic (exact) mass is 265 g/mol. The van der Waals surface area contributed by atoms with Gasteiger partial charge in [-0.05, 0) is 31.8 Å². The fourth-order valence-electron chi connectivity index (χ4n) is 2.33. The lowest BCUT2D eigenvalue weighted by Gasteiger charge is -2.26. The van der Waals surface area contributed by atoms with Gasteiger partial charge in [0.05, 0.1) is 0 Å². The molecule has 2 heterocycles. The number of rotatable bonds is 4. The summed E-state index contributed by atoms with van der Waals surface area (Å²) in [6.45, 7) is 6.92. The Bertz CT molecular complexity index is 422. The molecule has 2 N–H and O–H groups in total. The summed E-state index contributed by atoms with van der Waals surface area (Å²) >= 11 is 0. The van der Waals surface area contributed by atoms with Crippen LogP contribution in [0, 0.1) is 5.92 Å². The molecule has 1 aliphatic rings. The maximum atomic E-state index is 12.2. The van der Waals surface area contributed by atoms with Crippen molar-refractivity contribution in [3.8, 4) is 0 Å². The normalized spacial score (nSPS) is 16.8. The van der Waals surface area contributed by atoms with Crippen molar-refractivity contribution in [2.24, 2.45) is 5.92 Å². The predicted octanol–water partition coefficient (Wildman–Crippen LogP) is 1.000. The third kappa shape index (κ3) is 3.53. The van der Waals surface area contributed by atoms with E-state index >= 15 is 0 Å². The second-order valence-corrected chi connectivity index (χ2v) is 5.58. The lowest BCUT2D eigenvalue weighted by molar-refractivity contribution is 0.0751. The Morgan fingerprint density at radius 1 is 1.42 bits per heavy atom. The molecule has 19 heavy (non-hydrogen) atoms. The number of aromatic nitrogens is 3. The van der Waals surface area contributed by atoms with Crippen molar-refractivity contribution < 1.29 is 4.79 Å². The van der Waals surface area contributed by atoms with Gasteiger partial charge in [0.15, 0.2) is 0 Å². The van der Waals surface area contributed by atoms with Crippen LogP contribution in [0.2, 0.25) is 0 Å². The molecular weight excluding hydrogens is 242 g/mol. The predicted molar refractivity (Wildman–Crippen MR) is 73.0 cm³/mol. The fraction of sp³-hybridized carbons (Fsp3) is 0.769. The van der Waals surface area contributed by atoms with Gasteiger partial charge in [-0.1, -0.05) is 13.8 Å². The van der Waals surface area contributed by atoms with Gasteiger partial charge in [-0.15, -0.1) is 5.10 Å². The molecule has 2 rings (SSSR count). The molecule has 1 aromatic heterocycles. The van der Waals surface area contributed by atoms with E-state index in [4.69, 9.17) is 0 Å². The number of hydrogen-bond donors (Lipinski definition) is 2. The van der Waals surface area contributed by atoms with Crippen LogP contribution in [-0.4, -0.2) is 52.7 Å². The summed E-state index contributed by atoms with van der Waals surface area (Å²) in [6, 6.07) is 0. The third-order valence-electron chi connectivity index (χ3n) is 3.58. The number of H-pyrrole nitrogens is 1. The van der Waals surface area contributed by atoms with Crippen molar-refractivity contribution in [3.05, 3.63) is 11.6 Å². The van der Waals surface area contributed by atoms with Crippen LogP contribution in [0.1, 0.15) is 49.1 Å². The molecule has 0 aromatic carbocycles. The summed E-state index contributed by atoms with van der Waals surface area (Å²) < 4.78 is 0. The number of hydrogen-bond acceptors (Lipinski definition) is 4. The Labute approximate surface area is 114 Å². The molecule has 0 aliphatic carbocycles. The molecule has 1 amide bonds. The number of amides is 1. The minimum Gasteiger partial charge on any atom is -0.339 e. The summed E-state index contributed by atoms with van der Waals surface area (Å²) in [5, 5.41) is 10.2. The smallest absolute Gasteiger partial charge is 0.293 e. The highest BCUT2D eigenvalue weighted by molar-refractivity contribution is 5.90. The Hall–Kier alpha value is -1.43. The molecule has 1 aliphatic heterocycles. The van der Waals surface area contributed by atoms with Gasteiger partial charge >= 0.3 is 0 Å². The first-order valence-corrected chi connectivity index (χ1v) is 6.96. The van der Waals surface area contributed by atoms with E-state index in [1.54, 1.807) is 4.90 Å². The summed E-state index contributed by atoms with van der Waals surface area (Å²) in [7, 11) is 1.83. The molecule has 6 nitrogen and oxygen atoms in total. The van der Waals surface area contributed by atoms with E-state index in [0.29, 0.717) is 5.92 Å². The zero-order chi connectivity index (χ0) is 13.8. The van der Waals surface area contributed by atoms with Gasteiger partial charge in [-0.25, -0.2) is 4.98 Å². The minimum absolute atomic E-state index is 0.0957. The zero-order valence-corrected chi connectivity index (χ0v) is 11.9. The molecular formula is C13H23N5O. The van der Waals surface area contributed by atoms with Crippen LogP contribution in [-0.2, 0) is 0 Å². The van der Waals surface area contributed by atoms with Crippen LogP contribution in [0.25, 0.3) is 0 Å². The first-order chi connectivity index (χ1) is 9.08. The maximum absolute atomic E-state index is 12.2. The number of carbonyl (C=O) groups excluding carboxylic acids is 1. The van der Waals surface area contributed by atoms with Crippen LogP contribution in [0.15, 0.2) is 0 Å². The molecule has 1 saturated heterocycles. The van der Waals surface area contributed by atoms with E-state index < -0.39 is 0 Å². The van der Waals surface area contributed by atoms with Gasteiger partial charge in [0, 0.05) is 19.5 Å². The second-order valence-electron chi connectivity index (χ2n) is 5.58. The molecule has 0 radical (unpaired) electrons. The number of carbonyl (C=O) groups is 1. The maximum Gasteiger partial charge on any atom is 0.293 e. The van der Waals surface area contributed by atoms with E-state index in [2.05, 4.69) is 20.5 Å². The Morgan fingerprint density at radius 3 is 2.68 bits per heavy atom. The highest BCUT2D eigenvalue weighted by Gasteiger charge is 2.22. The van der Waals surface area contributed by atoms with Crippen LogP contribution in [0.4, 0.5) is 0 Å². The number of piperidine rings is 1. The van der Waals surface area contributed by atoms with Crippen LogP contribution >= 0.6 is 0 Å². The fourth-order valence-corrected chi connectivity index (χ4v) is 2.33. The molecule has 0 atom stereocenters. The molecule has 0 unspecified atom stereocenters. The number of aromatic amines is 1. The van der Waals surface area contributed by atoms with Crippen LogP contribution < -0.4 is 5.32 Å². The van der Waals surface area contributed by atoms with Crippen molar-refractivity contribution in [2.75, 3.05) is 26.7 Å². The Morgan fingerprint density at radius 2 is 2.11 bits per heavy atom. The van der Waals surface area contributed by atoms with Gasteiger partial charge in [0.1, 0.15) is 5.82 Å². The van der Waals surface area contributed by atoms with Crippen molar-refractivity contribution in [1.82, 2.24) is 25.4 Å². The highest BCUT2D eigenvalue weighted by atomic mass is 16.2. The summed E-state index contributed by atoms with van der Waals surface area (Å²) in [5.74, 6) is 1.78. The molecule has 0 saturated carbocycles. The van der Waals surface area contributed by atoms with Crippen molar-refractivity contribution in [2.45, 2.75) is 32.6 Å². The summed E-state index contributed by atoms with van der Waals surface area (Å²) in [6.07, 6.45) is 2.26. The van der Waals surface area contributed by atoms with Gasteiger partial charge in [-0.3, -0.25) is 9.89 Å². The van der Waals surface area contributed by atoms with Gasteiger partial charge in [0.25, 0.3) is 5.91 Å². The summed E-state index contributed by atoms with van der Waals surface area (Å²) in [4.78, 5) is 18.2. The van der Waals surface area contributed by atoms with E-state index in [9.17, 15) is 4.79 Å². The number of nitrogens with zero attached hydrogens (tertiary/aromatic N) is 3. The molecule has 106 valence electrons. The lowest BCUT2D eigenvalue weighted by Crippen LogP contribution is -2.37. The summed E-state index contributed by atoms with van der Waals surface area (Å²) in [5.41, 5.74) is 0. The molecule has 0 spiro atoms. The SMILES string of the molecule is CC(C)c1nc(C(=O)N(C)CC2CCNCC2)n[nH]1. The van der Waals surface area contributed by atoms with Gasteiger partial charge in [0.2, 0.25) is 5.82 Å². The van der Waals surface area contributed by atoms with E-state index in [0.717, 1.165) is 38.3 Å². The standard InChI is InChI=1S/C13H23N5O/c1-9(2)11-15-12(17-16-11)13(19)18(3)8-10-4-6-14-7-5-10/h9-10,14H,4-8H2,1-3H3,(H,15,16,17). The quantitative estimate of drug-likeness (QED) is 0.851. The average molecular weight is 265 g/mol. The molecule has 6 heteroatoms. The van der Waals surface area contributed by atoms with E-state index in [1.165, 1.54) is 0 Å². The lowest BCUT2D eigenvalue weighted by atomic mass is 9.98. The van der Waals surface area contributed by atoms with Crippen molar-refractivity contribution >= 4 is 5.91 Å². The average Bonchev–Trinajstić information content (AvgIpc) is 2.88. The highest BCUT2D eigenvalue weighted by Crippen LogP contribution is 2.14. The first kappa shape index (κ1) is 14.0.